The molecule has 9 heavy (non-hydrogen) atoms. The van der Waals surface area contributed by atoms with Gasteiger partial charge < -0.3 is 14.8 Å². The molecule has 0 amide bonds. The van der Waals surface area contributed by atoms with Crippen molar-refractivity contribution >= 4 is 7.12 Å². The van der Waals surface area contributed by atoms with E-state index in [-0.39, 0.29) is 11.2 Å². The zero-order valence-corrected chi connectivity index (χ0v) is 5.08. The first-order valence-corrected chi connectivity index (χ1v) is 3.18. The maximum Gasteiger partial charge on any atom is 0.455 e. The zero-order chi connectivity index (χ0) is 6.48. The summed E-state index contributed by atoms with van der Waals surface area (Å²) in [5.41, 5.74) is 0.189. The Morgan fingerprint density at radius 1 is 1.44 bits per heavy atom. The molecular formula is C5H9BO3. The molecule has 2 N–H and O–H groups in total. The molecule has 1 spiro atoms. The van der Waals surface area contributed by atoms with Crippen molar-refractivity contribution in [2.24, 2.45) is 5.41 Å². The molecule has 0 bridgehead atoms. The van der Waals surface area contributed by atoms with Gasteiger partial charge in [0.1, 0.15) is 0 Å². The number of rotatable bonds is 1. The lowest BCUT2D eigenvalue weighted by Gasteiger charge is -2.27. The molecule has 3 nitrogen and oxygen atoms in total. The Morgan fingerprint density at radius 3 is 2.22 bits per heavy atom. The molecule has 50 valence electrons. The summed E-state index contributed by atoms with van der Waals surface area (Å²) >= 11 is 0. The predicted octanol–water partition coefficient (Wildman–Crippen LogP) is -0.750. The average Bonchev–Trinajstić information content (AvgIpc) is 2.34. The molecule has 2 fully saturated rings. The van der Waals surface area contributed by atoms with Gasteiger partial charge in [0.05, 0.1) is 13.2 Å². The highest BCUT2D eigenvalue weighted by Gasteiger charge is 2.63. The van der Waals surface area contributed by atoms with Gasteiger partial charge in [0.15, 0.2) is 0 Å². The van der Waals surface area contributed by atoms with Crippen molar-refractivity contribution in [3.8, 4) is 0 Å². The monoisotopic (exact) mass is 128 g/mol. The second kappa shape index (κ2) is 1.51. The number of ether oxygens (including phenoxy) is 1. The molecule has 1 aliphatic heterocycles. The standard InChI is InChI=1S/C5H9BO3/c7-6(8)4-1-5(4)2-9-3-5/h4,7-8H,1-3H2. The maximum absolute atomic E-state index is 8.69. The first kappa shape index (κ1) is 5.71. The maximum atomic E-state index is 8.69. The summed E-state index contributed by atoms with van der Waals surface area (Å²) in [6, 6.07) is 0. The predicted molar refractivity (Wildman–Crippen MR) is 31.8 cm³/mol. The minimum absolute atomic E-state index is 0.103. The summed E-state index contributed by atoms with van der Waals surface area (Å²) in [7, 11) is -1.12. The molecular weight excluding hydrogens is 119 g/mol. The quantitative estimate of drug-likeness (QED) is 0.456. The fourth-order valence-corrected chi connectivity index (χ4v) is 1.50. The van der Waals surface area contributed by atoms with Crippen molar-refractivity contribution in [1.29, 1.82) is 0 Å². The van der Waals surface area contributed by atoms with Crippen LogP contribution in [0, 0.1) is 5.41 Å². The first-order valence-electron chi connectivity index (χ1n) is 3.18. The molecule has 1 aliphatic carbocycles. The van der Waals surface area contributed by atoms with Crippen molar-refractivity contribution in [2.75, 3.05) is 13.2 Å². The van der Waals surface area contributed by atoms with Crippen LogP contribution in [-0.4, -0.2) is 30.4 Å². The molecule has 1 unspecified atom stereocenters. The average molecular weight is 128 g/mol. The van der Waals surface area contributed by atoms with Crippen LogP contribution in [-0.2, 0) is 4.74 Å². The van der Waals surface area contributed by atoms with E-state index in [0.717, 1.165) is 19.6 Å². The molecule has 0 aromatic heterocycles. The summed E-state index contributed by atoms with van der Waals surface area (Å²) in [5.74, 6) is 0.103. The molecule has 0 radical (unpaired) electrons. The van der Waals surface area contributed by atoms with Gasteiger partial charge in [0, 0.05) is 11.2 Å². The Bertz CT molecular complexity index is 132. The molecule has 1 saturated carbocycles. The third kappa shape index (κ3) is 0.640. The SMILES string of the molecule is OB(O)C1CC12COC2. The van der Waals surface area contributed by atoms with Crippen LogP contribution >= 0.6 is 0 Å². The van der Waals surface area contributed by atoms with Gasteiger partial charge in [-0.2, -0.15) is 0 Å². The fraction of sp³-hybridized carbons (Fsp3) is 1.00. The van der Waals surface area contributed by atoms with Crippen LogP contribution in [0.15, 0.2) is 0 Å². The molecule has 0 aromatic carbocycles. The van der Waals surface area contributed by atoms with E-state index in [1.807, 2.05) is 0 Å². The van der Waals surface area contributed by atoms with E-state index in [1.165, 1.54) is 0 Å². The van der Waals surface area contributed by atoms with Gasteiger partial charge in [0.25, 0.3) is 0 Å². The van der Waals surface area contributed by atoms with Crippen LogP contribution in [0.1, 0.15) is 6.42 Å². The van der Waals surface area contributed by atoms with Crippen LogP contribution in [0.4, 0.5) is 0 Å². The van der Waals surface area contributed by atoms with Crippen LogP contribution in [0.2, 0.25) is 5.82 Å². The number of hydrogen-bond acceptors (Lipinski definition) is 3. The Labute approximate surface area is 53.8 Å². The Hall–Kier alpha value is -0.0551. The Morgan fingerprint density at radius 2 is 2.11 bits per heavy atom. The molecule has 1 heterocycles. The highest BCUT2D eigenvalue weighted by atomic mass is 16.5. The summed E-state index contributed by atoms with van der Waals surface area (Å²) in [5, 5.41) is 17.4. The molecule has 2 rings (SSSR count). The molecule has 4 heteroatoms. The normalized spacial score (nSPS) is 36.0. The third-order valence-electron chi connectivity index (χ3n) is 2.39. The minimum atomic E-state index is -1.12. The topological polar surface area (TPSA) is 49.7 Å². The highest BCUT2D eigenvalue weighted by Crippen LogP contribution is 2.62. The fourth-order valence-electron chi connectivity index (χ4n) is 1.50. The minimum Gasteiger partial charge on any atom is -0.427 e. The molecule has 2 aliphatic rings. The van der Waals surface area contributed by atoms with Crippen LogP contribution < -0.4 is 0 Å². The van der Waals surface area contributed by atoms with E-state index in [9.17, 15) is 0 Å². The lowest BCUT2D eigenvalue weighted by Crippen LogP contribution is -2.33. The second-order valence-corrected chi connectivity index (χ2v) is 3.08. The van der Waals surface area contributed by atoms with Gasteiger partial charge in [-0.3, -0.25) is 0 Å². The van der Waals surface area contributed by atoms with Crippen LogP contribution in [0.5, 0.6) is 0 Å². The van der Waals surface area contributed by atoms with Crippen LogP contribution in [0.25, 0.3) is 0 Å². The number of hydrogen-bond donors (Lipinski definition) is 2. The highest BCUT2D eigenvalue weighted by molar-refractivity contribution is 6.44. The Balaban J connectivity index is 1.94. The van der Waals surface area contributed by atoms with Crippen LogP contribution in [0.3, 0.4) is 0 Å². The smallest absolute Gasteiger partial charge is 0.427 e. The largest absolute Gasteiger partial charge is 0.455 e. The van der Waals surface area contributed by atoms with Crippen molar-refractivity contribution in [1.82, 2.24) is 0 Å². The molecule has 0 aromatic rings. The van der Waals surface area contributed by atoms with Gasteiger partial charge in [-0.1, -0.05) is 0 Å². The summed E-state index contributed by atoms with van der Waals surface area (Å²) < 4.78 is 4.96. The van der Waals surface area contributed by atoms with E-state index in [4.69, 9.17) is 14.8 Å². The van der Waals surface area contributed by atoms with Crippen molar-refractivity contribution < 1.29 is 14.8 Å². The first-order chi connectivity index (χ1) is 4.25. The summed E-state index contributed by atoms with van der Waals surface area (Å²) in [4.78, 5) is 0. The third-order valence-corrected chi connectivity index (χ3v) is 2.39. The zero-order valence-electron chi connectivity index (χ0n) is 5.08. The van der Waals surface area contributed by atoms with E-state index in [0.29, 0.717) is 0 Å². The summed E-state index contributed by atoms with van der Waals surface area (Å²) in [6.07, 6.45) is 0.935. The van der Waals surface area contributed by atoms with E-state index < -0.39 is 7.12 Å². The lowest BCUT2D eigenvalue weighted by molar-refractivity contribution is -0.0506. The van der Waals surface area contributed by atoms with Gasteiger partial charge in [-0.25, -0.2) is 0 Å². The van der Waals surface area contributed by atoms with Gasteiger partial charge in [-0.05, 0) is 6.42 Å². The van der Waals surface area contributed by atoms with Gasteiger partial charge >= 0.3 is 7.12 Å². The van der Waals surface area contributed by atoms with Crippen molar-refractivity contribution in [3.63, 3.8) is 0 Å². The second-order valence-electron chi connectivity index (χ2n) is 3.08. The van der Waals surface area contributed by atoms with Gasteiger partial charge in [0.2, 0.25) is 0 Å². The lowest BCUT2D eigenvalue weighted by atomic mass is 9.77. The summed E-state index contributed by atoms with van der Waals surface area (Å²) in [6.45, 7) is 1.46. The molecule has 1 saturated heterocycles. The van der Waals surface area contributed by atoms with Gasteiger partial charge in [-0.15, -0.1) is 0 Å². The Kier molecular flexibility index (Phi) is 0.956. The van der Waals surface area contributed by atoms with Crippen molar-refractivity contribution in [2.45, 2.75) is 12.2 Å². The van der Waals surface area contributed by atoms with Crippen molar-refractivity contribution in [3.05, 3.63) is 0 Å². The molecule has 1 atom stereocenters. The van der Waals surface area contributed by atoms with E-state index in [1.54, 1.807) is 0 Å². The van der Waals surface area contributed by atoms with E-state index in [2.05, 4.69) is 0 Å². The van der Waals surface area contributed by atoms with E-state index >= 15 is 0 Å².